The van der Waals surface area contributed by atoms with Crippen molar-refractivity contribution in [2.24, 2.45) is 0 Å². The van der Waals surface area contributed by atoms with Gasteiger partial charge in [-0.3, -0.25) is 4.79 Å². The Morgan fingerprint density at radius 3 is 3.00 bits per heavy atom. The largest absolute Gasteiger partial charge is 0.314 e. The molecule has 74 valence electrons. The molecule has 0 unspecified atom stereocenters. The number of nitrogens with zero attached hydrogens (tertiary/aromatic N) is 1. The van der Waals surface area contributed by atoms with E-state index in [1.165, 1.54) is 4.90 Å². The Morgan fingerprint density at radius 1 is 1.36 bits per heavy atom. The average Bonchev–Trinajstić information content (AvgIpc) is 2.22. The van der Waals surface area contributed by atoms with Gasteiger partial charge in [-0.25, -0.2) is 0 Å². The van der Waals surface area contributed by atoms with Crippen molar-refractivity contribution in [3.8, 4) is 0 Å². The predicted molar refractivity (Wildman–Crippen MR) is 59.8 cm³/mol. The first kappa shape index (κ1) is 9.59. The van der Waals surface area contributed by atoms with Crippen LogP contribution in [-0.2, 0) is 4.79 Å². The summed E-state index contributed by atoms with van der Waals surface area (Å²) in [4.78, 5) is 14.6. The Balaban J connectivity index is 2.40. The molecule has 1 amide bonds. The fourth-order valence-electron chi connectivity index (χ4n) is 1.56. The molecule has 2 rings (SSSR count). The highest BCUT2D eigenvalue weighted by molar-refractivity contribution is 7.99. The molecule has 0 saturated carbocycles. The minimum absolute atomic E-state index is 0.220. The van der Waals surface area contributed by atoms with Crippen molar-refractivity contribution in [1.82, 2.24) is 0 Å². The van der Waals surface area contributed by atoms with E-state index < -0.39 is 0 Å². The number of benzene rings is 1. The van der Waals surface area contributed by atoms with E-state index in [1.54, 1.807) is 4.90 Å². The number of rotatable bonds is 0. The normalized spacial score (nSPS) is 17.2. The number of anilines is 1. The number of thioether (sulfide) groups is 1. The first-order valence-corrected chi connectivity index (χ1v) is 5.76. The van der Waals surface area contributed by atoms with E-state index in [1.807, 2.05) is 37.0 Å². The molecule has 1 aromatic carbocycles. The lowest BCUT2D eigenvalue weighted by Gasteiger charge is -2.22. The van der Waals surface area contributed by atoms with Crippen molar-refractivity contribution >= 4 is 23.4 Å². The fraction of sp³-hybridized carbons (Fsp3) is 0.364. The van der Waals surface area contributed by atoms with Crippen LogP contribution in [0.2, 0.25) is 0 Å². The Labute approximate surface area is 88.3 Å². The number of carbonyl (C=O) groups excluding carboxylic acids is 1. The fourth-order valence-corrected chi connectivity index (χ4v) is 2.60. The lowest BCUT2D eigenvalue weighted by atomic mass is 10.2. The summed E-state index contributed by atoms with van der Waals surface area (Å²) in [6.07, 6.45) is 1.64. The smallest absolute Gasteiger partial charge is 0.226 e. The lowest BCUT2D eigenvalue weighted by molar-refractivity contribution is -0.118. The van der Waals surface area contributed by atoms with Gasteiger partial charge in [0.2, 0.25) is 5.91 Å². The van der Waals surface area contributed by atoms with Gasteiger partial charge in [0.25, 0.3) is 0 Å². The average molecular weight is 207 g/mol. The molecule has 0 spiro atoms. The van der Waals surface area contributed by atoms with Crippen LogP contribution in [0, 0.1) is 0 Å². The Kier molecular flexibility index (Phi) is 2.77. The molecular weight excluding hydrogens is 194 g/mol. The van der Waals surface area contributed by atoms with E-state index in [2.05, 4.69) is 6.07 Å². The molecule has 1 aliphatic rings. The second-order valence-corrected chi connectivity index (χ2v) is 4.51. The summed E-state index contributed by atoms with van der Waals surface area (Å²) in [5.74, 6) is 1.26. The van der Waals surface area contributed by atoms with Crippen molar-refractivity contribution in [2.75, 3.05) is 17.7 Å². The van der Waals surface area contributed by atoms with Crippen molar-refractivity contribution in [3.63, 3.8) is 0 Å². The van der Waals surface area contributed by atoms with Gasteiger partial charge in [-0.05, 0) is 24.3 Å². The zero-order valence-corrected chi connectivity index (χ0v) is 9.01. The van der Waals surface area contributed by atoms with Crippen LogP contribution in [0.4, 0.5) is 5.69 Å². The van der Waals surface area contributed by atoms with Crippen LogP contribution in [-0.4, -0.2) is 18.7 Å². The van der Waals surface area contributed by atoms with Crippen LogP contribution in [0.3, 0.4) is 0 Å². The van der Waals surface area contributed by atoms with Gasteiger partial charge in [0.05, 0.1) is 5.69 Å². The molecule has 0 N–H and O–H groups in total. The lowest BCUT2D eigenvalue weighted by Crippen LogP contribution is -2.27. The molecule has 0 atom stereocenters. The third kappa shape index (κ3) is 1.77. The maximum absolute atomic E-state index is 11.6. The van der Waals surface area contributed by atoms with Crippen molar-refractivity contribution in [2.45, 2.75) is 17.7 Å². The number of hydrogen-bond donors (Lipinski definition) is 0. The minimum atomic E-state index is 0.220. The molecule has 0 radical (unpaired) electrons. The van der Waals surface area contributed by atoms with E-state index in [-0.39, 0.29) is 5.91 Å². The Morgan fingerprint density at radius 2 is 2.14 bits per heavy atom. The molecule has 2 nitrogen and oxygen atoms in total. The van der Waals surface area contributed by atoms with Gasteiger partial charge in [-0.1, -0.05) is 12.1 Å². The molecule has 1 heterocycles. The van der Waals surface area contributed by atoms with E-state index in [9.17, 15) is 4.79 Å². The van der Waals surface area contributed by atoms with Gasteiger partial charge in [-0.15, -0.1) is 11.8 Å². The quantitative estimate of drug-likeness (QED) is 0.651. The molecule has 3 heteroatoms. The van der Waals surface area contributed by atoms with Crippen molar-refractivity contribution in [1.29, 1.82) is 0 Å². The van der Waals surface area contributed by atoms with Crippen LogP contribution in [0.15, 0.2) is 29.2 Å². The maximum atomic E-state index is 11.6. The number of para-hydroxylation sites is 1. The van der Waals surface area contributed by atoms with Crippen LogP contribution in [0.1, 0.15) is 12.8 Å². The molecular formula is C11H13NOS. The van der Waals surface area contributed by atoms with E-state index >= 15 is 0 Å². The van der Waals surface area contributed by atoms with Gasteiger partial charge >= 0.3 is 0 Å². The topological polar surface area (TPSA) is 20.3 Å². The van der Waals surface area contributed by atoms with Crippen LogP contribution < -0.4 is 4.90 Å². The van der Waals surface area contributed by atoms with Gasteiger partial charge in [0, 0.05) is 18.4 Å². The number of carbonyl (C=O) groups is 1. The molecule has 0 fully saturated rings. The van der Waals surface area contributed by atoms with Gasteiger partial charge in [0.1, 0.15) is 0 Å². The van der Waals surface area contributed by atoms with Gasteiger partial charge in [-0.2, -0.15) is 0 Å². The monoisotopic (exact) mass is 207 g/mol. The van der Waals surface area contributed by atoms with E-state index in [0.29, 0.717) is 6.42 Å². The molecule has 0 aromatic heterocycles. The number of amides is 1. The zero-order chi connectivity index (χ0) is 9.97. The van der Waals surface area contributed by atoms with Crippen molar-refractivity contribution in [3.05, 3.63) is 24.3 Å². The van der Waals surface area contributed by atoms with Crippen LogP contribution in [0.5, 0.6) is 0 Å². The maximum Gasteiger partial charge on any atom is 0.226 e. The summed E-state index contributed by atoms with van der Waals surface area (Å²) < 4.78 is 0. The zero-order valence-electron chi connectivity index (χ0n) is 8.19. The molecule has 0 aliphatic carbocycles. The third-order valence-electron chi connectivity index (χ3n) is 2.39. The Hall–Kier alpha value is -0.960. The standard InChI is InChI=1S/C11H13NOS/c1-12-9-5-2-3-6-10(9)14-8-4-7-11(12)13/h2-3,5-6H,4,7-8H2,1H3. The second-order valence-electron chi connectivity index (χ2n) is 3.37. The van der Waals surface area contributed by atoms with Crippen LogP contribution in [0.25, 0.3) is 0 Å². The SMILES string of the molecule is CN1C(=O)CCCSc2ccccc21. The summed E-state index contributed by atoms with van der Waals surface area (Å²) in [6, 6.07) is 8.08. The Bertz CT molecular complexity index is 351. The van der Waals surface area contributed by atoms with Gasteiger partial charge in [0.15, 0.2) is 0 Å². The summed E-state index contributed by atoms with van der Waals surface area (Å²) in [7, 11) is 1.85. The van der Waals surface area contributed by atoms with Crippen molar-refractivity contribution < 1.29 is 4.79 Å². The third-order valence-corrected chi connectivity index (χ3v) is 3.54. The second kappa shape index (κ2) is 4.05. The molecule has 1 aliphatic heterocycles. The van der Waals surface area contributed by atoms with E-state index in [4.69, 9.17) is 0 Å². The first-order chi connectivity index (χ1) is 6.79. The highest BCUT2D eigenvalue weighted by Crippen LogP contribution is 2.32. The summed E-state index contributed by atoms with van der Waals surface area (Å²) >= 11 is 1.83. The minimum Gasteiger partial charge on any atom is -0.314 e. The van der Waals surface area contributed by atoms with Crippen LogP contribution >= 0.6 is 11.8 Å². The first-order valence-electron chi connectivity index (χ1n) is 4.77. The highest BCUT2D eigenvalue weighted by atomic mass is 32.2. The number of hydrogen-bond acceptors (Lipinski definition) is 2. The van der Waals surface area contributed by atoms with Gasteiger partial charge < -0.3 is 4.90 Å². The summed E-state index contributed by atoms with van der Waals surface area (Å²) in [5.41, 5.74) is 1.04. The summed E-state index contributed by atoms with van der Waals surface area (Å²) in [6.45, 7) is 0. The molecule has 1 aromatic rings. The summed E-state index contributed by atoms with van der Waals surface area (Å²) in [5, 5.41) is 0. The molecule has 0 saturated heterocycles. The molecule has 0 bridgehead atoms. The highest BCUT2D eigenvalue weighted by Gasteiger charge is 2.16. The van der Waals surface area contributed by atoms with E-state index in [0.717, 1.165) is 17.9 Å². The number of fused-ring (bicyclic) bond motifs is 1. The molecule has 14 heavy (non-hydrogen) atoms. The predicted octanol–water partition coefficient (Wildman–Crippen LogP) is 2.54.